The summed E-state index contributed by atoms with van der Waals surface area (Å²) in [6.07, 6.45) is 8.38. The number of hydrogen-bond acceptors (Lipinski definition) is 2. The van der Waals surface area contributed by atoms with Gasteiger partial charge in [-0.25, -0.2) is 4.79 Å². The van der Waals surface area contributed by atoms with Gasteiger partial charge in [-0.15, -0.1) is 0 Å². The molecule has 1 saturated carbocycles. The maximum absolute atomic E-state index is 12.4. The van der Waals surface area contributed by atoms with Crippen molar-refractivity contribution in [3.8, 4) is 0 Å². The van der Waals surface area contributed by atoms with E-state index < -0.39 is 0 Å². The summed E-state index contributed by atoms with van der Waals surface area (Å²) in [5.74, 6) is 0.953. The molecule has 1 atom stereocenters. The molecule has 4 nitrogen and oxygen atoms in total. The molecule has 1 unspecified atom stereocenters. The van der Waals surface area contributed by atoms with E-state index in [1.807, 2.05) is 4.90 Å². The van der Waals surface area contributed by atoms with Gasteiger partial charge in [0.15, 0.2) is 0 Å². The lowest BCUT2D eigenvalue weighted by molar-refractivity contribution is 0.125. The quantitative estimate of drug-likeness (QED) is 0.819. The summed E-state index contributed by atoms with van der Waals surface area (Å²) in [7, 11) is 0. The number of aliphatic hydroxyl groups excluding tert-OH is 1. The Balaban J connectivity index is 1.84. The molecule has 2 rings (SSSR count). The van der Waals surface area contributed by atoms with E-state index in [2.05, 4.69) is 19.2 Å². The monoisotopic (exact) mass is 296 g/mol. The maximum Gasteiger partial charge on any atom is 0.317 e. The third kappa shape index (κ3) is 4.60. The summed E-state index contributed by atoms with van der Waals surface area (Å²) < 4.78 is 0. The first-order valence-corrected chi connectivity index (χ1v) is 8.68. The Labute approximate surface area is 129 Å². The van der Waals surface area contributed by atoms with E-state index in [1.54, 1.807) is 0 Å². The summed E-state index contributed by atoms with van der Waals surface area (Å²) >= 11 is 0. The highest BCUT2D eigenvalue weighted by Crippen LogP contribution is 2.42. The summed E-state index contributed by atoms with van der Waals surface area (Å²) in [5.41, 5.74) is 0.329. The van der Waals surface area contributed by atoms with Gasteiger partial charge in [0, 0.05) is 26.2 Å². The summed E-state index contributed by atoms with van der Waals surface area (Å²) in [6, 6.07) is 0.0724. The van der Waals surface area contributed by atoms with Crippen LogP contribution in [0.4, 0.5) is 4.79 Å². The van der Waals surface area contributed by atoms with Crippen LogP contribution in [0.15, 0.2) is 0 Å². The topological polar surface area (TPSA) is 52.6 Å². The zero-order valence-electron chi connectivity index (χ0n) is 13.7. The zero-order valence-corrected chi connectivity index (χ0v) is 13.7. The zero-order chi connectivity index (χ0) is 15.3. The van der Waals surface area contributed by atoms with Gasteiger partial charge in [-0.1, -0.05) is 26.7 Å². The molecular weight excluding hydrogens is 264 g/mol. The highest BCUT2D eigenvalue weighted by molar-refractivity contribution is 5.74. The number of piperidine rings is 1. The van der Waals surface area contributed by atoms with Crippen LogP contribution in [0.2, 0.25) is 0 Å². The van der Waals surface area contributed by atoms with Crippen molar-refractivity contribution in [3.05, 3.63) is 0 Å². The lowest BCUT2D eigenvalue weighted by atomic mass is 9.78. The van der Waals surface area contributed by atoms with Crippen LogP contribution in [0.1, 0.15) is 58.8 Å². The van der Waals surface area contributed by atoms with Crippen LogP contribution in [0, 0.1) is 17.3 Å². The molecule has 0 bridgehead atoms. The largest absolute Gasteiger partial charge is 0.396 e. The Morgan fingerprint density at radius 2 is 2.05 bits per heavy atom. The molecule has 2 aliphatic rings. The Kier molecular flexibility index (Phi) is 5.91. The number of nitrogens with one attached hydrogen (secondary N) is 1. The Hall–Kier alpha value is -0.770. The lowest BCUT2D eigenvalue weighted by Crippen LogP contribution is -2.48. The van der Waals surface area contributed by atoms with E-state index in [0.717, 1.165) is 25.9 Å². The summed E-state index contributed by atoms with van der Waals surface area (Å²) in [6.45, 7) is 7.11. The van der Waals surface area contributed by atoms with Gasteiger partial charge >= 0.3 is 6.03 Å². The number of carbonyl (C=O) groups excluding carboxylic acids is 1. The van der Waals surface area contributed by atoms with Gasteiger partial charge in [0.1, 0.15) is 0 Å². The highest BCUT2D eigenvalue weighted by Gasteiger charge is 2.35. The molecule has 2 N–H and O–H groups in total. The van der Waals surface area contributed by atoms with Crippen molar-refractivity contribution in [1.82, 2.24) is 10.2 Å². The predicted octanol–water partition coefficient (Wildman–Crippen LogP) is 3.01. The molecule has 122 valence electrons. The standard InChI is InChI=1S/C17H32N2O2/c1-14(2)10-17(7-3-4-8-17)13-18-16(21)19-9-5-6-15(11-19)12-20/h14-15,20H,3-13H2,1-2H3,(H,18,21). The minimum absolute atomic E-state index is 0.0724. The van der Waals surface area contributed by atoms with Gasteiger partial charge in [-0.2, -0.15) is 0 Å². The second-order valence-corrected chi connectivity index (χ2v) is 7.60. The number of carbonyl (C=O) groups is 1. The first kappa shape index (κ1) is 16.6. The maximum atomic E-state index is 12.4. The molecule has 2 fully saturated rings. The number of urea groups is 1. The van der Waals surface area contributed by atoms with Gasteiger partial charge in [0.2, 0.25) is 0 Å². The van der Waals surface area contributed by atoms with Crippen LogP contribution in [0.3, 0.4) is 0 Å². The predicted molar refractivity (Wildman–Crippen MR) is 85.1 cm³/mol. The van der Waals surface area contributed by atoms with E-state index in [0.29, 0.717) is 17.9 Å². The molecule has 0 spiro atoms. The fourth-order valence-corrected chi connectivity index (χ4v) is 4.22. The van der Waals surface area contributed by atoms with E-state index in [1.165, 1.54) is 32.1 Å². The van der Waals surface area contributed by atoms with Gasteiger partial charge in [-0.05, 0) is 49.4 Å². The number of amides is 2. The normalized spacial score (nSPS) is 25.3. The highest BCUT2D eigenvalue weighted by atomic mass is 16.3. The molecule has 1 heterocycles. The van der Waals surface area contributed by atoms with Crippen LogP contribution in [0.25, 0.3) is 0 Å². The Morgan fingerprint density at radius 3 is 2.67 bits per heavy atom. The average molecular weight is 296 g/mol. The fourth-order valence-electron chi connectivity index (χ4n) is 4.22. The van der Waals surface area contributed by atoms with Gasteiger partial charge in [-0.3, -0.25) is 0 Å². The third-order valence-corrected chi connectivity index (χ3v) is 5.18. The van der Waals surface area contributed by atoms with Crippen LogP contribution < -0.4 is 5.32 Å². The second kappa shape index (κ2) is 7.48. The second-order valence-electron chi connectivity index (χ2n) is 7.60. The van der Waals surface area contributed by atoms with Crippen LogP contribution in [-0.2, 0) is 0 Å². The van der Waals surface area contributed by atoms with Crippen molar-refractivity contribution in [2.45, 2.75) is 58.8 Å². The average Bonchev–Trinajstić information content (AvgIpc) is 2.93. The minimum Gasteiger partial charge on any atom is -0.396 e. The van der Waals surface area contributed by atoms with Gasteiger partial charge in [0.25, 0.3) is 0 Å². The van der Waals surface area contributed by atoms with Crippen molar-refractivity contribution >= 4 is 6.03 Å². The van der Waals surface area contributed by atoms with Crippen molar-refractivity contribution in [1.29, 1.82) is 0 Å². The van der Waals surface area contributed by atoms with Crippen LogP contribution in [0.5, 0.6) is 0 Å². The SMILES string of the molecule is CC(C)CC1(CNC(=O)N2CCCC(CO)C2)CCCC1. The lowest BCUT2D eigenvalue weighted by Gasteiger charge is -2.35. The van der Waals surface area contributed by atoms with E-state index in [-0.39, 0.29) is 18.6 Å². The van der Waals surface area contributed by atoms with Gasteiger partial charge in [0.05, 0.1) is 0 Å². The van der Waals surface area contributed by atoms with Gasteiger partial charge < -0.3 is 15.3 Å². The summed E-state index contributed by atoms with van der Waals surface area (Å²) in [5, 5.41) is 12.5. The first-order valence-electron chi connectivity index (χ1n) is 8.68. The van der Waals surface area contributed by atoms with Crippen molar-refractivity contribution in [3.63, 3.8) is 0 Å². The smallest absolute Gasteiger partial charge is 0.317 e. The number of aliphatic hydroxyl groups is 1. The first-order chi connectivity index (χ1) is 10.0. The van der Waals surface area contributed by atoms with E-state index in [9.17, 15) is 9.90 Å². The third-order valence-electron chi connectivity index (χ3n) is 5.18. The van der Waals surface area contributed by atoms with Crippen molar-refractivity contribution in [2.24, 2.45) is 17.3 Å². The molecule has 0 radical (unpaired) electrons. The molecule has 21 heavy (non-hydrogen) atoms. The minimum atomic E-state index is 0.0724. The molecule has 0 aromatic carbocycles. The number of likely N-dealkylation sites (tertiary alicyclic amines) is 1. The van der Waals surface area contributed by atoms with Crippen LogP contribution in [-0.4, -0.2) is 42.3 Å². The molecule has 1 saturated heterocycles. The van der Waals surface area contributed by atoms with Crippen molar-refractivity contribution in [2.75, 3.05) is 26.2 Å². The molecular formula is C17H32N2O2. The number of nitrogens with zero attached hydrogens (tertiary/aromatic N) is 1. The van der Waals surface area contributed by atoms with E-state index >= 15 is 0 Å². The Morgan fingerprint density at radius 1 is 1.33 bits per heavy atom. The molecule has 2 amide bonds. The molecule has 1 aliphatic carbocycles. The fraction of sp³-hybridized carbons (Fsp3) is 0.941. The summed E-state index contributed by atoms with van der Waals surface area (Å²) in [4.78, 5) is 14.3. The molecule has 4 heteroatoms. The number of hydrogen-bond donors (Lipinski definition) is 2. The molecule has 0 aromatic rings. The molecule has 1 aliphatic heterocycles. The van der Waals surface area contributed by atoms with Crippen molar-refractivity contribution < 1.29 is 9.90 Å². The number of rotatable bonds is 5. The Bertz CT molecular complexity index is 338. The van der Waals surface area contributed by atoms with E-state index in [4.69, 9.17) is 0 Å². The molecule has 0 aromatic heterocycles. The van der Waals surface area contributed by atoms with Crippen LogP contribution >= 0.6 is 0 Å².